The van der Waals surface area contributed by atoms with Crippen LogP contribution in [0.2, 0.25) is 0 Å². The molecule has 0 aliphatic heterocycles. The Balaban J connectivity index is 2.32. The quantitative estimate of drug-likeness (QED) is 0.766. The normalized spacial score (nSPS) is 15.7. The molecule has 1 aliphatic rings. The number of aryl methyl sites for hydroxylation is 1. The molecule has 1 saturated carbocycles. The molecule has 1 aromatic rings. The summed E-state index contributed by atoms with van der Waals surface area (Å²) in [6, 6.07) is 2.65. The van der Waals surface area contributed by atoms with Gasteiger partial charge in [-0.2, -0.15) is 0 Å². The molecule has 0 spiro atoms. The number of hydrogen-bond acceptors (Lipinski definition) is 2. The summed E-state index contributed by atoms with van der Waals surface area (Å²) in [6.07, 6.45) is 2.96. The standard InChI is InChI=1S/C12H18N2O/c1-8-7-11(12(15)5-6-13)9(2)14(8)10-3-4-10/h7,10H,3-6,13H2,1-2H3. The fourth-order valence-corrected chi connectivity index (χ4v) is 2.22. The number of hydrogen-bond donors (Lipinski definition) is 1. The van der Waals surface area contributed by atoms with Gasteiger partial charge in [0.2, 0.25) is 0 Å². The maximum absolute atomic E-state index is 11.8. The van der Waals surface area contributed by atoms with E-state index in [-0.39, 0.29) is 5.78 Å². The summed E-state index contributed by atoms with van der Waals surface area (Å²) in [5.74, 6) is 0.178. The van der Waals surface area contributed by atoms with Gasteiger partial charge in [0.25, 0.3) is 0 Å². The lowest BCUT2D eigenvalue weighted by molar-refractivity contribution is 0.0985. The molecule has 1 heterocycles. The SMILES string of the molecule is Cc1cc(C(=O)CCN)c(C)n1C1CC1. The van der Waals surface area contributed by atoms with Crippen molar-refractivity contribution in [1.82, 2.24) is 4.57 Å². The number of rotatable bonds is 4. The van der Waals surface area contributed by atoms with E-state index < -0.39 is 0 Å². The van der Waals surface area contributed by atoms with Gasteiger partial charge >= 0.3 is 0 Å². The van der Waals surface area contributed by atoms with E-state index in [1.165, 1.54) is 18.5 Å². The van der Waals surface area contributed by atoms with E-state index in [0.717, 1.165) is 11.3 Å². The molecule has 15 heavy (non-hydrogen) atoms. The highest BCUT2D eigenvalue weighted by Gasteiger charge is 2.27. The van der Waals surface area contributed by atoms with Crippen LogP contribution in [0.3, 0.4) is 0 Å². The van der Waals surface area contributed by atoms with Crippen molar-refractivity contribution in [1.29, 1.82) is 0 Å². The van der Waals surface area contributed by atoms with Crippen molar-refractivity contribution in [2.45, 2.75) is 39.2 Å². The lowest BCUT2D eigenvalue weighted by atomic mass is 10.1. The monoisotopic (exact) mass is 206 g/mol. The number of nitrogens with zero attached hydrogens (tertiary/aromatic N) is 1. The molecular formula is C12H18N2O. The van der Waals surface area contributed by atoms with Gasteiger partial charge in [0.1, 0.15) is 0 Å². The highest BCUT2D eigenvalue weighted by Crippen LogP contribution is 2.38. The summed E-state index contributed by atoms with van der Waals surface area (Å²) in [5, 5.41) is 0. The van der Waals surface area contributed by atoms with Crippen molar-refractivity contribution in [2.75, 3.05) is 6.54 Å². The van der Waals surface area contributed by atoms with E-state index in [0.29, 0.717) is 19.0 Å². The second kappa shape index (κ2) is 3.81. The predicted octanol–water partition coefficient (Wildman–Crippen LogP) is 1.97. The zero-order chi connectivity index (χ0) is 11.0. The Labute approximate surface area is 90.3 Å². The van der Waals surface area contributed by atoms with E-state index in [2.05, 4.69) is 11.5 Å². The Morgan fingerprint density at radius 3 is 2.73 bits per heavy atom. The lowest BCUT2D eigenvalue weighted by Gasteiger charge is -2.07. The lowest BCUT2D eigenvalue weighted by Crippen LogP contribution is -2.09. The molecule has 3 heteroatoms. The fraction of sp³-hybridized carbons (Fsp3) is 0.583. The summed E-state index contributed by atoms with van der Waals surface area (Å²) in [5.41, 5.74) is 8.59. The molecule has 1 aromatic heterocycles. The minimum atomic E-state index is 0.178. The first kappa shape index (κ1) is 10.4. The summed E-state index contributed by atoms with van der Waals surface area (Å²) >= 11 is 0. The van der Waals surface area contributed by atoms with Crippen LogP contribution in [0.4, 0.5) is 0 Å². The van der Waals surface area contributed by atoms with Crippen LogP contribution in [0.15, 0.2) is 6.07 Å². The van der Waals surface area contributed by atoms with Crippen molar-refractivity contribution in [3.05, 3.63) is 23.0 Å². The first-order valence-electron chi connectivity index (χ1n) is 5.57. The molecule has 82 valence electrons. The van der Waals surface area contributed by atoms with Crippen molar-refractivity contribution in [2.24, 2.45) is 5.73 Å². The summed E-state index contributed by atoms with van der Waals surface area (Å²) in [7, 11) is 0. The average Bonchev–Trinajstić information content (AvgIpc) is 2.95. The minimum absolute atomic E-state index is 0.178. The average molecular weight is 206 g/mol. The van der Waals surface area contributed by atoms with Crippen LogP contribution in [-0.4, -0.2) is 16.9 Å². The van der Waals surface area contributed by atoms with E-state index in [1.54, 1.807) is 0 Å². The first-order chi connectivity index (χ1) is 7.15. The molecule has 2 rings (SSSR count). The molecule has 0 saturated heterocycles. The second-order valence-electron chi connectivity index (χ2n) is 4.35. The third-order valence-electron chi connectivity index (χ3n) is 3.07. The van der Waals surface area contributed by atoms with Crippen LogP contribution < -0.4 is 5.73 Å². The topological polar surface area (TPSA) is 48.0 Å². The molecule has 1 aliphatic carbocycles. The maximum atomic E-state index is 11.8. The Morgan fingerprint density at radius 2 is 2.20 bits per heavy atom. The Morgan fingerprint density at radius 1 is 1.53 bits per heavy atom. The van der Waals surface area contributed by atoms with Crippen molar-refractivity contribution in [3.63, 3.8) is 0 Å². The Bertz CT molecular complexity index is 389. The molecule has 3 nitrogen and oxygen atoms in total. The van der Waals surface area contributed by atoms with Crippen LogP contribution in [0.25, 0.3) is 0 Å². The van der Waals surface area contributed by atoms with Crippen LogP contribution in [-0.2, 0) is 0 Å². The third-order valence-corrected chi connectivity index (χ3v) is 3.07. The fourth-order valence-electron chi connectivity index (χ4n) is 2.22. The first-order valence-corrected chi connectivity index (χ1v) is 5.57. The predicted molar refractivity (Wildman–Crippen MR) is 60.2 cm³/mol. The van der Waals surface area contributed by atoms with E-state index in [4.69, 9.17) is 5.73 Å². The van der Waals surface area contributed by atoms with Gasteiger partial charge in [-0.25, -0.2) is 0 Å². The van der Waals surface area contributed by atoms with Crippen LogP contribution in [0, 0.1) is 13.8 Å². The summed E-state index contributed by atoms with van der Waals surface area (Å²) in [4.78, 5) is 11.8. The van der Waals surface area contributed by atoms with Crippen LogP contribution in [0.1, 0.15) is 47.1 Å². The van der Waals surface area contributed by atoms with E-state index in [9.17, 15) is 4.79 Å². The van der Waals surface area contributed by atoms with Gasteiger partial charge in [-0.05, 0) is 39.3 Å². The molecular weight excluding hydrogens is 188 g/mol. The summed E-state index contributed by atoms with van der Waals surface area (Å²) in [6.45, 7) is 4.55. The Kier molecular flexibility index (Phi) is 2.65. The summed E-state index contributed by atoms with van der Waals surface area (Å²) < 4.78 is 2.30. The highest BCUT2D eigenvalue weighted by atomic mass is 16.1. The van der Waals surface area contributed by atoms with Gasteiger partial charge in [-0.3, -0.25) is 4.79 Å². The third kappa shape index (κ3) is 1.84. The number of ketones is 1. The van der Waals surface area contributed by atoms with Crippen molar-refractivity contribution in [3.8, 4) is 0 Å². The maximum Gasteiger partial charge on any atom is 0.165 e. The number of Topliss-reactive ketones (excluding diaryl/α,β-unsaturated/α-hetero) is 1. The van der Waals surface area contributed by atoms with Gasteiger partial charge in [0, 0.05) is 29.4 Å². The number of nitrogens with two attached hydrogens (primary N) is 1. The molecule has 0 aromatic carbocycles. The minimum Gasteiger partial charge on any atom is -0.345 e. The van der Waals surface area contributed by atoms with Gasteiger partial charge in [-0.1, -0.05) is 0 Å². The second-order valence-corrected chi connectivity index (χ2v) is 4.35. The molecule has 0 bridgehead atoms. The molecule has 0 atom stereocenters. The van der Waals surface area contributed by atoms with Crippen molar-refractivity contribution >= 4 is 5.78 Å². The number of carbonyl (C=O) groups is 1. The van der Waals surface area contributed by atoms with E-state index >= 15 is 0 Å². The van der Waals surface area contributed by atoms with Gasteiger partial charge < -0.3 is 10.3 Å². The van der Waals surface area contributed by atoms with Gasteiger partial charge in [0.15, 0.2) is 5.78 Å². The van der Waals surface area contributed by atoms with Crippen LogP contribution >= 0.6 is 0 Å². The van der Waals surface area contributed by atoms with Crippen molar-refractivity contribution < 1.29 is 4.79 Å². The molecule has 0 radical (unpaired) electrons. The largest absolute Gasteiger partial charge is 0.345 e. The smallest absolute Gasteiger partial charge is 0.165 e. The molecule has 0 amide bonds. The van der Waals surface area contributed by atoms with Gasteiger partial charge in [-0.15, -0.1) is 0 Å². The zero-order valence-electron chi connectivity index (χ0n) is 9.42. The Hall–Kier alpha value is -1.09. The number of aromatic nitrogens is 1. The van der Waals surface area contributed by atoms with Gasteiger partial charge in [0.05, 0.1) is 0 Å². The highest BCUT2D eigenvalue weighted by molar-refractivity contribution is 5.97. The molecule has 0 unspecified atom stereocenters. The van der Waals surface area contributed by atoms with E-state index in [1.807, 2.05) is 13.0 Å². The molecule has 1 fully saturated rings. The zero-order valence-corrected chi connectivity index (χ0v) is 9.42. The number of carbonyl (C=O) groups excluding carboxylic acids is 1. The molecule has 2 N–H and O–H groups in total. The van der Waals surface area contributed by atoms with Crippen LogP contribution in [0.5, 0.6) is 0 Å².